The van der Waals surface area contributed by atoms with Crippen molar-refractivity contribution in [3.8, 4) is 0 Å². The fraction of sp³-hybridized carbons (Fsp3) is 0.235. The molecule has 2 heterocycles. The molecule has 1 amide bonds. The molecular formula is C17H16ClFN4O. The number of nitrogens with one attached hydrogen (secondary N) is 1. The van der Waals surface area contributed by atoms with Crippen molar-refractivity contribution in [1.29, 1.82) is 0 Å². The number of carbonyl (C=O) groups excluding carboxylic acids is 1. The maximum absolute atomic E-state index is 14.0. The quantitative estimate of drug-likeness (QED) is 0.766. The summed E-state index contributed by atoms with van der Waals surface area (Å²) < 4.78 is 15.8. The lowest BCUT2D eigenvalue weighted by Gasteiger charge is -2.10. The Morgan fingerprint density at radius 3 is 2.83 bits per heavy atom. The third-order valence-electron chi connectivity index (χ3n) is 3.63. The predicted molar refractivity (Wildman–Crippen MR) is 92.0 cm³/mol. The topological polar surface area (TPSA) is 59.8 Å². The van der Waals surface area contributed by atoms with Gasteiger partial charge in [0.1, 0.15) is 0 Å². The number of fused-ring (bicyclic) bond motifs is 1. The van der Waals surface area contributed by atoms with Crippen molar-refractivity contribution in [1.82, 2.24) is 14.8 Å². The average molecular weight is 347 g/mol. The van der Waals surface area contributed by atoms with Gasteiger partial charge in [0.15, 0.2) is 11.5 Å². The van der Waals surface area contributed by atoms with Gasteiger partial charge in [0.2, 0.25) is 0 Å². The van der Waals surface area contributed by atoms with Crippen molar-refractivity contribution < 1.29 is 9.18 Å². The highest BCUT2D eigenvalue weighted by Gasteiger charge is 2.18. The van der Waals surface area contributed by atoms with E-state index < -0.39 is 11.7 Å². The van der Waals surface area contributed by atoms with Gasteiger partial charge >= 0.3 is 0 Å². The summed E-state index contributed by atoms with van der Waals surface area (Å²) in [7, 11) is 0. The van der Waals surface area contributed by atoms with Crippen molar-refractivity contribution in [2.75, 3.05) is 5.32 Å². The summed E-state index contributed by atoms with van der Waals surface area (Å²) in [4.78, 5) is 17.1. The van der Waals surface area contributed by atoms with Crippen LogP contribution in [0.4, 0.5) is 10.1 Å². The first kappa shape index (κ1) is 16.4. The predicted octanol–water partition coefficient (Wildman–Crippen LogP) is 4.37. The number of nitrogens with zero attached hydrogens (tertiary/aromatic N) is 3. The second kappa shape index (κ2) is 6.20. The molecule has 0 fully saturated rings. The molecular weight excluding hydrogens is 331 g/mol. The molecule has 5 nitrogen and oxygen atoms in total. The summed E-state index contributed by atoms with van der Waals surface area (Å²) in [5.74, 6) is -1.10. The summed E-state index contributed by atoms with van der Waals surface area (Å²) in [6, 6.07) is 6.23. The molecule has 0 bridgehead atoms. The molecule has 2 aromatic heterocycles. The van der Waals surface area contributed by atoms with Gasteiger partial charge in [-0.25, -0.2) is 14.1 Å². The van der Waals surface area contributed by atoms with Crippen molar-refractivity contribution in [3.63, 3.8) is 0 Å². The lowest BCUT2D eigenvalue weighted by atomic mass is 10.1. The Balaban J connectivity index is 2.05. The van der Waals surface area contributed by atoms with Gasteiger partial charge in [0.05, 0.1) is 27.9 Å². The molecule has 7 heteroatoms. The van der Waals surface area contributed by atoms with Crippen LogP contribution < -0.4 is 5.32 Å². The van der Waals surface area contributed by atoms with Gasteiger partial charge in [-0.15, -0.1) is 0 Å². The highest BCUT2D eigenvalue weighted by Crippen LogP contribution is 2.25. The third kappa shape index (κ3) is 2.85. The molecule has 3 aromatic rings. The lowest BCUT2D eigenvalue weighted by Crippen LogP contribution is -2.14. The van der Waals surface area contributed by atoms with Crippen LogP contribution in [0.5, 0.6) is 0 Å². The van der Waals surface area contributed by atoms with Crippen LogP contribution >= 0.6 is 11.6 Å². The Bertz CT molecular complexity index is 936. The van der Waals surface area contributed by atoms with E-state index >= 15 is 0 Å². The second-order valence-corrected chi connectivity index (χ2v) is 6.19. The highest BCUT2D eigenvalue weighted by atomic mass is 35.5. The number of anilines is 1. The molecule has 124 valence electrons. The molecule has 24 heavy (non-hydrogen) atoms. The van der Waals surface area contributed by atoms with E-state index in [1.54, 1.807) is 29.9 Å². The Kier molecular flexibility index (Phi) is 4.24. The molecule has 0 atom stereocenters. The minimum absolute atomic E-state index is 0.0337. The van der Waals surface area contributed by atoms with E-state index in [4.69, 9.17) is 11.6 Å². The van der Waals surface area contributed by atoms with Gasteiger partial charge in [0, 0.05) is 11.7 Å². The maximum atomic E-state index is 14.0. The fourth-order valence-corrected chi connectivity index (χ4v) is 2.67. The molecule has 0 aliphatic rings. The molecule has 0 saturated heterocycles. The van der Waals surface area contributed by atoms with E-state index in [1.165, 1.54) is 12.1 Å². The van der Waals surface area contributed by atoms with Crippen LogP contribution in [-0.4, -0.2) is 20.7 Å². The first-order valence-electron chi connectivity index (χ1n) is 7.48. The van der Waals surface area contributed by atoms with Gasteiger partial charge < -0.3 is 5.32 Å². The molecule has 1 aromatic carbocycles. The van der Waals surface area contributed by atoms with Crippen LogP contribution in [0.1, 0.15) is 35.9 Å². The molecule has 0 aliphatic carbocycles. The SMILES string of the molecule is Cc1cc(C(=O)Nc2cccc(Cl)c2F)c2cnn(C(C)C)c2n1. The number of benzene rings is 1. The monoisotopic (exact) mass is 346 g/mol. The Morgan fingerprint density at radius 1 is 1.38 bits per heavy atom. The zero-order valence-electron chi connectivity index (χ0n) is 13.5. The zero-order valence-corrected chi connectivity index (χ0v) is 14.2. The Morgan fingerprint density at radius 2 is 2.12 bits per heavy atom. The molecule has 0 spiro atoms. The van der Waals surface area contributed by atoms with Crippen LogP contribution in [0.15, 0.2) is 30.5 Å². The van der Waals surface area contributed by atoms with Gasteiger partial charge in [-0.2, -0.15) is 5.10 Å². The fourth-order valence-electron chi connectivity index (χ4n) is 2.50. The highest BCUT2D eigenvalue weighted by molar-refractivity contribution is 6.31. The maximum Gasteiger partial charge on any atom is 0.256 e. The van der Waals surface area contributed by atoms with E-state index in [1.807, 2.05) is 13.8 Å². The Hall–Kier alpha value is -2.47. The number of aryl methyl sites for hydroxylation is 1. The number of rotatable bonds is 3. The largest absolute Gasteiger partial charge is 0.319 e. The van der Waals surface area contributed by atoms with Gasteiger partial charge in [-0.05, 0) is 39.0 Å². The van der Waals surface area contributed by atoms with Crippen molar-refractivity contribution in [3.05, 3.63) is 52.6 Å². The summed E-state index contributed by atoms with van der Waals surface area (Å²) in [6.45, 7) is 5.77. The van der Waals surface area contributed by atoms with E-state index in [9.17, 15) is 9.18 Å². The van der Waals surface area contributed by atoms with Crippen LogP contribution in [-0.2, 0) is 0 Å². The second-order valence-electron chi connectivity index (χ2n) is 5.79. The van der Waals surface area contributed by atoms with Crippen LogP contribution in [0.3, 0.4) is 0 Å². The van der Waals surface area contributed by atoms with E-state index in [0.29, 0.717) is 22.3 Å². The first-order chi connectivity index (χ1) is 11.4. The molecule has 0 unspecified atom stereocenters. The van der Waals surface area contributed by atoms with Gasteiger partial charge in [0.25, 0.3) is 5.91 Å². The number of pyridine rings is 1. The summed E-state index contributed by atoms with van der Waals surface area (Å²) in [5, 5.41) is 7.43. The first-order valence-corrected chi connectivity index (χ1v) is 7.86. The van der Waals surface area contributed by atoms with Crippen molar-refractivity contribution >= 4 is 34.2 Å². The van der Waals surface area contributed by atoms with Crippen molar-refractivity contribution in [2.45, 2.75) is 26.8 Å². The van der Waals surface area contributed by atoms with Gasteiger partial charge in [-0.3, -0.25) is 4.79 Å². The zero-order chi connectivity index (χ0) is 17.4. The molecule has 0 radical (unpaired) electrons. The third-order valence-corrected chi connectivity index (χ3v) is 3.92. The standard InChI is InChI=1S/C17H16ClFN4O/c1-9(2)23-16-12(8-20-23)11(7-10(3)21-16)17(24)22-14-6-4-5-13(18)15(14)19/h4-9H,1-3H3,(H,22,24). The number of amides is 1. The van der Waals surface area contributed by atoms with Crippen molar-refractivity contribution in [2.24, 2.45) is 0 Å². The molecule has 0 aliphatic heterocycles. The minimum atomic E-state index is -0.660. The van der Waals surface area contributed by atoms with E-state index in [-0.39, 0.29) is 16.8 Å². The van der Waals surface area contributed by atoms with E-state index in [2.05, 4.69) is 15.4 Å². The van der Waals surface area contributed by atoms with Crippen LogP contribution in [0, 0.1) is 12.7 Å². The number of hydrogen-bond acceptors (Lipinski definition) is 3. The van der Waals surface area contributed by atoms with E-state index in [0.717, 1.165) is 0 Å². The number of carbonyl (C=O) groups is 1. The van der Waals surface area contributed by atoms with Crippen LogP contribution in [0.25, 0.3) is 11.0 Å². The lowest BCUT2D eigenvalue weighted by molar-refractivity contribution is 0.102. The molecule has 0 saturated carbocycles. The summed E-state index contributed by atoms with van der Waals surface area (Å²) in [5.41, 5.74) is 1.73. The minimum Gasteiger partial charge on any atom is -0.319 e. The molecule has 3 rings (SSSR count). The summed E-state index contributed by atoms with van der Waals surface area (Å²) >= 11 is 5.75. The Labute approximate surface area is 143 Å². The number of halogens is 2. The van der Waals surface area contributed by atoms with Gasteiger partial charge in [-0.1, -0.05) is 17.7 Å². The number of aromatic nitrogens is 3. The number of hydrogen-bond donors (Lipinski definition) is 1. The van der Waals surface area contributed by atoms with Crippen LogP contribution in [0.2, 0.25) is 5.02 Å². The smallest absolute Gasteiger partial charge is 0.256 e. The average Bonchev–Trinajstić information content (AvgIpc) is 2.94. The molecule has 1 N–H and O–H groups in total. The normalized spacial score (nSPS) is 11.2. The summed E-state index contributed by atoms with van der Waals surface area (Å²) in [6.07, 6.45) is 1.60.